The molecule has 1 aromatic heterocycles. The highest BCUT2D eigenvalue weighted by molar-refractivity contribution is 5.66. The Morgan fingerprint density at radius 2 is 1.17 bits per heavy atom. The molecule has 1 aromatic rings. The molecule has 0 unspecified atom stereocenters. The molecule has 0 aliphatic carbocycles. The number of anilines is 1. The van der Waals surface area contributed by atoms with Crippen LogP contribution in [0, 0.1) is 0 Å². The molecule has 5 heteroatoms. The van der Waals surface area contributed by atoms with E-state index in [0.717, 1.165) is 37.2 Å². The summed E-state index contributed by atoms with van der Waals surface area (Å²) in [5.41, 5.74) is 1.64. The van der Waals surface area contributed by atoms with Crippen molar-refractivity contribution in [3.05, 3.63) is 30.6 Å². The Labute approximate surface area is 183 Å². The van der Waals surface area contributed by atoms with Crippen molar-refractivity contribution >= 4 is 24.1 Å². The molecule has 0 spiro atoms. The van der Waals surface area contributed by atoms with Crippen molar-refractivity contribution in [2.75, 3.05) is 11.9 Å². The van der Waals surface area contributed by atoms with E-state index in [1.165, 1.54) is 70.6 Å². The molecule has 30 heavy (non-hydrogen) atoms. The van der Waals surface area contributed by atoms with Crippen LogP contribution < -0.4 is 5.32 Å². The van der Waals surface area contributed by atoms with Gasteiger partial charge in [-0.1, -0.05) is 90.2 Å². The number of aromatic nitrogens is 2. The van der Waals surface area contributed by atoms with Crippen LogP contribution in [0.3, 0.4) is 0 Å². The maximum atomic E-state index is 10.4. The lowest BCUT2D eigenvalue weighted by molar-refractivity contribution is -0.137. The summed E-state index contributed by atoms with van der Waals surface area (Å²) in [7, 11) is 0. The van der Waals surface area contributed by atoms with Crippen LogP contribution in [0.4, 0.5) is 5.95 Å². The Hall–Kier alpha value is -2.17. The van der Waals surface area contributed by atoms with Gasteiger partial charge in [-0.15, -0.1) is 0 Å². The number of rotatable bonds is 20. The SMILES string of the molecule is C=Cc1cc(C=C)nc(NCCCCCCCCCCCCCCCCC(=O)O)n1. The fraction of sp³-hybridized carbons (Fsp3) is 0.640. The number of nitrogens with zero attached hydrogens (tertiary/aromatic N) is 2. The molecule has 0 saturated heterocycles. The predicted octanol–water partition coefficient (Wildman–Crippen LogP) is 7.11. The van der Waals surface area contributed by atoms with E-state index in [9.17, 15) is 4.79 Å². The van der Waals surface area contributed by atoms with Crippen LogP contribution in [0.25, 0.3) is 12.2 Å². The number of carbonyl (C=O) groups is 1. The van der Waals surface area contributed by atoms with E-state index in [1.807, 2.05) is 6.07 Å². The number of carboxylic acids is 1. The number of nitrogens with one attached hydrogen (secondary N) is 1. The van der Waals surface area contributed by atoms with Crippen molar-refractivity contribution in [3.63, 3.8) is 0 Å². The highest BCUT2D eigenvalue weighted by Crippen LogP contribution is 2.14. The highest BCUT2D eigenvalue weighted by Gasteiger charge is 2.00. The van der Waals surface area contributed by atoms with Gasteiger partial charge in [0.1, 0.15) is 0 Å². The monoisotopic (exact) mass is 415 g/mol. The summed E-state index contributed by atoms with van der Waals surface area (Å²) in [6.45, 7) is 8.42. The second kappa shape index (κ2) is 17.7. The summed E-state index contributed by atoms with van der Waals surface area (Å²) in [6, 6.07) is 1.87. The summed E-state index contributed by atoms with van der Waals surface area (Å²) >= 11 is 0. The van der Waals surface area contributed by atoms with E-state index >= 15 is 0 Å². The van der Waals surface area contributed by atoms with E-state index < -0.39 is 5.97 Å². The van der Waals surface area contributed by atoms with Gasteiger partial charge in [0, 0.05) is 13.0 Å². The number of carboxylic acid groups (broad SMARTS) is 1. The quantitative estimate of drug-likeness (QED) is 0.222. The van der Waals surface area contributed by atoms with Crippen molar-refractivity contribution in [3.8, 4) is 0 Å². The van der Waals surface area contributed by atoms with Gasteiger partial charge in [0.2, 0.25) is 5.95 Å². The Bertz CT molecular complexity index is 590. The van der Waals surface area contributed by atoms with E-state index in [1.54, 1.807) is 12.2 Å². The molecule has 0 bridgehead atoms. The first-order chi connectivity index (χ1) is 14.7. The average molecular weight is 416 g/mol. The lowest BCUT2D eigenvalue weighted by atomic mass is 10.0. The van der Waals surface area contributed by atoms with Crippen molar-refractivity contribution < 1.29 is 9.90 Å². The zero-order valence-electron chi connectivity index (χ0n) is 18.7. The van der Waals surface area contributed by atoms with Gasteiger partial charge in [-0.25, -0.2) is 9.97 Å². The number of unbranched alkanes of at least 4 members (excludes halogenated alkanes) is 13. The fourth-order valence-electron chi connectivity index (χ4n) is 3.50. The highest BCUT2D eigenvalue weighted by atomic mass is 16.4. The van der Waals surface area contributed by atoms with E-state index in [-0.39, 0.29) is 0 Å². The Balaban J connectivity index is 1.86. The van der Waals surface area contributed by atoms with Gasteiger partial charge >= 0.3 is 5.97 Å². The largest absolute Gasteiger partial charge is 0.481 e. The molecule has 0 aliphatic heterocycles. The van der Waals surface area contributed by atoms with Gasteiger partial charge in [-0.2, -0.15) is 0 Å². The molecule has 0 radical (unpaired) electrons. The van der Waals surface area contributed by atoms with Crippen LogP contribution in [0.1, 0.15) is 108 Å². The summed E-state index contributed by atoms with van der Waals surface area (Å²) in [4.78, 5) is 19.2. The number of hydrogen-bond acceptors (Lipinski definition) is 4. The molecule has 2 N–H and O–H groups in total. The lowest BCUT2D eigenvalue weighted by Crippen LogP contribution is -2.06. The number of hydrogen-bond donors (Lipinski definition) is 2. The molecular weight excluding hydrogens is 374 g/mol. The Morgan fingerprint density at radius 3 is 1.57 bits per heavy atom. The standard InChI is InChI=1S/C25H41N3O2/c1-3-22-21-23(4-2)28-25(27-22)26-20-18-16-14-12-10-8-6-5-7-9-11-13-15-17-19-24(29)30/h3-4,21H,1-2,5-20H2,(H,29,30)(H,26,27,28). The van der Waals surface area contributed by atoms with Crippen LogP contribution in [-0.2, 0) is 4.79 Å². The molecule has 0 aliphatic rings. The smallest absolute Gasteiger partial charge is 0.303 e. The molecule has 0 fully saturated rings. The van der Waals surface area contributed by atoms with Gasteiger partial charge < -0.3 is 10.4 Å². The van der Waals surface area contributed by atoms with Gasteiger partial charge in [0.15, 0.2) is 0 Å². The predicted molar refractivity (Wildman–Crippen MR) is 128 cm³/mol. The topological polar surface area (TPSA) is 75.1 Å². The third-order valence-corrected chi connectivity index (χ3v) is 5.28. The molecule has 5 nitrogen and oxygen atoms in total. The normalized spacial score (nSPS) is 10.7. The third-order valence-electron chi connectivity index (χ3n) is 5.28. The second-order valence-electron chi connectivity index (χ2n) is 7.97. The minimum atomic E-state index is -0.668. The fourth-order valence-corrected chi connectivity index (χ4v) is 3.50. The van der Waals surface area contributed by atoms with Gasteiger partial charge in [-0.3, -0.25) is 4.79 Å². The minimum Gasteiger partial charge on any atom is -0.481 e. The molecule has 0 aromatic carbocycles. The Morgan fingerprint density at radius 1 is 0.767 bits per heavy atom. The summed E-state index contributed by atoms with van der Waals surface area (Å²) < 4.78 is 0. The minimum absolute atomic E-state index is 0.325. The Kier molecular flexibility index (Phi) is 15.2. The van der Waals surface area contributed by atoms with E-state index in [2.05, 4.69) is 28.4 Å². The molecule has 0 amide bonds. The molecule has 0 saturated carbocycles. The molecule has 1 rings (SSSR count). The van der Waals surface area contributed by atoms with Gasteiger partial charge in [0.25, 0.3) is 0 Å². The van der Waals surface area contributed by atoms with E-state index in [0.29, 0.717) is 12.4 Å². The van der Waals surface area contributed by atoms with E-state index in [4.69, 9.17) is 5.11 Å². The summed E-state index contributed by atoms with van der Waals surface area (Å²) in [5, 5.41) is 11.9. The van der Waals surface area contributed by atoms with Crippen molar-refractivity contribution in [1.29, 1.82) is 0 Å². The summed E-state index contributed by atoms with van der Waals surface area (Å²) in [5.74, 6) is -0.0132. The maximum Gasteiger partial charge on any atom is 0.303 e. The second-order valence-corrected chi connectivity index (χ2v) is 7.97. The number of aliphatic carboxylic acids is 1. The van der Waals surface area contributed by atoms with Gasteiger partial charge in [0.05, 0.1) is 11.4 Å². The third kappa shape index (κ3) is 13.9. The summed E-state index contributed by atoms with van der Waals surface area (Å²) in [6.07, 6.45) is 21.1. The zero-order chi connectivity index (χ0) is 21.9. The molecule has 168 valence electrons. The maximum absolute atomic E-state index is 10.4. The van der Waals surface area contributed by atoms with Crippen LogP contribution in [0.2, 0.25) is 0 Å². The van der Waals surface area contributed by atoms with Crippen LogP contribution in [-0.4, -0.2) is 27.6 Å². The zero-order valence-corrected chi connectivity index (χ0v) is 18.7. The first-order valence-corrected chi connectivity index (χ1v) is 11.8. The molecule has 0 atom stereocenters. The molecule has 1 heterocycles. The first-order valence-electron chi connectivity index (χ1n) is 11.8. The van der Waals surface area contributed by atoms with Crippen LogP contribution in [0.15, 0.2) is 19.2 Å². The van der Waals surface area contributed by atoms with Crippen molar-refractivity contribution in [2.24, 2.45) is 0 Å². The first kappa shape index (κ1) is 25.9. The molecular formula is C25H41N3O2. The van der Waals surface area contributed by atoms with Crippen molar-refractivity contribution in [1.82, 2.24) is 9.97 Å². The lowest BCUT2D eigenvalue weighted by Gasteiger charge is -2.07. The average Bonchev–Trinajstić information content (AvgIpc) is 2.75. The van der Waals surface area contributed by atoms with Crippen molar-refractivity contribution in [2.45, 2.75) is 96.3 Å². The van der Waals surface area contributed by atoms with Gasteiger partial charge in [-0.05, 0) is 31.1 Å². The van der Waals surface area contributed by atoms with Crippen LogP contribution in [0.5, 0.6) is 0 Å². The van der Waals surface area contributed by atoms with Crippen LogP contribution >= 0.6 is 0 Å².